The SMILES string of the molecule is CN(C)c1cncc(-c2ccc3[nH]nc(-c4cc5c(-c6cccc(F)c6)cncc5[nH]4)c3n2)c1. The lowest BCUT2D eigenvalue weighted by atomic mass is 10.0. The van der Waals surface area contributed by atoms with Crippen molar-refractivity contribution in [2.24, 2.45) is 0 Å². The number of halogens is 1. The molecule has 0 amide bonds. The van der Waals surface area contributed by atoms with Crippen LogP contribution in [0.15, 0.2) is 73.3 Å². The number of fused-ring (bicyclic) bond motifs is 2. The Morgan fingerprint density at radius 3 is 2.59 bits per heavy atom. The van der Waals surface area contributed by atoms with Crippen molar-refractivity contribution in [2.45, 2.75) is 0 Å². The zero-order chi connectivity index (χ0) is 23.2. The number of rotatable bonds is 4. The van der Waals surface area contributed by atoms with E-state index in [-0.39, 0.29) is 5.82 Å². The van der Waals surface area contributed by atoms with Crippen LogP contribution in [-0.2, 0) is 0 Å². The Bertz CT molecular complexity index is 1670. The minimum atomic E-state index is -0.284. The van der Waals surface area contributed by atoms with Crippen LogP contribution in [0.2, 0.25) is 0 Å². The molecule has 5 heterocycles. The van der Waals surface area contributed by atoms with Crippen molar-refractivity contribution in [3.05, 3.63) is 79.1 Å². The van der Waals surface area contributed by atoms with Crippen LogP contribution in [0.4, 0.5) is 10.1 Å². The molecule has 2 N–H and O–H groups in total. The summed E-state index contributed by atoms with van der Waals surface area (Å²) < 4.78 is 13.8. The van der Waals surface area contributed by atoms with Crippen LogP contribution >= 0.6 is 0 Å². The van der Waals surface area contributed by atoms with Crippen LogP contribution in [0.5, 0.6) is 0 Å². The van der Waals surface area contributed by atoms with E-state index in [4.69, 9.17) is 4.98 Å². The summed E-state index contributed by atoms with van der Waals surface area (Å²) in [6.07, 6.45) is 7.13. The second-order valence-corrected chi connectivity index (χ2v) is 8.33. The van der Waals surface area contributed by atoms with Gasteiger partial charge in [-0.05, 0) is 42.0 Å². The highest BCUT2D eigenvalue weighted by Gasteiger charge is 2.16. The van der Waals surface area contributed by atoms with Crippen LogP contribution in [0, 0.1) is 5.82 Å². The van der Waals surface area contributed by atoms with Gasteiger partial charge in [0.25, 0.3) is 0 Å². The molecule has 6 aromatic rings. The molecule has 1 aromatic carbocycles. The van der Waals surface area contributed by atoms with E-state index >= 15 is 0 Å². The molecule has 0 fully saturated rings. The minimum absolute atomic E-state index is 0.284. The molecule has 6 rings (SSSR count). The number of hydrogen-bond donors (Lipinski definition) is 2. The molecule has 0 bridgehead atoms. The van der Waals surface area contributed by atoms with Crippen molar-refractivity contribution in [1.82, 2.24) is 30.1 Å². The molecular weight excluding hydrogens is 429 g/mol. The highest BCUT2D eigenvalue weighted by molar-refractivity contribution is 6.00. The third-order valence-corrected chi connectivity index (χ3v) is 5.88. The average Bonchev–Trinajstić information content (AvgIpc) is 3.47. The molecule has 0 aliphatic carbocycles. The Hall–Kier alpha value is -4.59. The third kappa shape index (κ3) is 3.36. The summed E-state index contributed by atoms with van der Waals surface area (Å²) in [6.45, 7) is 0. The van der Waals surface area contributed by atoms with Gasteiger partial charge in [-0.15, -0.1) is 0 Å². The van der Waals surface area contributed by atoms with Gasteiger partial charge >= 0.3 is 0 Å². The second-order valence-electron chi connectivity index (χ2n) is 8.33. The highest BCUT2D eigenvalue weighted by Crippen LogP contribution is 2.34. The van der Waals surface area contributed by atoms with Crippen LogP contribution < -0.4 is 4.90 Å². The Labute approximate surface area is 194 Å². The lowest BCUT2D eigenvalue weighted by Crippen LogP contribution is -2.08. The Balaban J connectivity index is 1.48. The van der Waals surface area contributed by atoms with Gasteiger partial charge in [0.1, 0.15) is 17.0 Å². The number of pyridine rings is 3. The van der Waals surface area contributed by atoms with E-state index in [0.29, 0.717) is 5.69 Å². The minimum Gasteiger partial charge on any atom is -0.376 e. The lowest BCUT2D eigenvalue weighted by Gasteiger charge is -2.12. The monoisotopic (exact) mass is 449 g/mol. The number of aromatic nitrogens is 6. The first-order chi connectivity index (χ1) is 16.6. The Kier molecular flexibility index (Phi) is 4.58. The summed E-state index contributed by atoms with van der Waals surface area (Å²) in [6, 6.07) is 14.5. The molecule has 0 unspecified atom stereocenters. The van der Waals surface area contributed by atoms with Crippen molar-refractivity contribution < 1.29 is 4.39 Å². The van der Waals surface area contributed by atoms with E-state index in [1.807, 2.05) is 49.5 Å². The quantitative estimate of drug-likeness (QED) is 0.375. The van der Waals surface area contributed by atoms with Crippen molar-refractivity contribution >= 4 is 27.6 Å². The standard InChI is InChI=1S/C26H20FN7/c1-34(2)18-9-16(11-28-12-18)21-6-7-22-25(31-21)26(33-32-22)23-10-19-20(13-29-14-24(19)30-23)15-4-3-5-17(27)8-15/h3-14,30H,1-2H3,(H,32,33). The second kappa shape index (κ2) is 7.77. The molecule has 34 heavy (non-hydrogen) atoms. The summed E-state index contributed by atoms with van der Waals surface area (Å²) >= 11 is 0. The first-order valence-corrected chi connectivity index (χ1v) is 10.8. The van der Waals surface area contributed by atoms with Gasteiger partial charge in [0.15, 0.2) is 0 Å². The molecule has 8 heteroatoms. The fraction of sp³-hybridized carbons (Fsp3) is 0.0769. The zero-order valence-corrected chi connectivity index (χ0v) is 18.5. The highest BCUT2D eigenvalue weighted by atomic mass is 19.1. The number of aromatic amines is 2. The number of benzene rings is 1. The molecule has 166 valence electrons. The predicted octanol–water partition coefficient (Wildman–Crippen LogP) is 5.44. The molecule has 0 atom stereocenters. The normalized spacial score (nSPS) is 11.4. The van der Waals surface area contributed by atoms with Gasteiger partial charge in [0.05, 0.1) is 40.5 Å². The van der Waals surface area contributed by atoms with Crippen molar-refractivity contribution in [2.75, 3.05) is 19.0 Å². The average molecular weight is 449 g/mol. The Morgan fingerprint density at radius 1 is 0.853 bits per heavy atom. The fourth-order valence-corrected chi connectivity index (χ4v) is 4.12. The number of nitrogens with zero attached hydrogens (tertiary/aromatic N) is 5. The van der Waals surface area contributed by atoms with Gasteiger partial charge in [0.2, 0.25) is 0 Å². The van der Waals surface area contributed by atoms with Gasteiger partial charge < -0.3 is 9.88 Å². The van der Waals surface area contributed by atoms with Gasteiger partial charge in [0, 0.05) is 43.0 Å². The predicted molar refractivity (Wildman–Crippen MR) is 132 cm³/mol. The summed E-state index contributed by atoms with van der Waals surface area (Å²) in [7, 11) is 3.96. The van der Waals surface area contributed by atoms with Crippen LogP contribution in [0.25, 0.3) is 55.7 Å². The van der Waals surface area contributed by atoms with E-state index in [1.54, 1.807) is 24.7 Å². The molecule has 7 nitrogen and oxygen atoms in total. The molecular formula is C26H20FN7. The lowest BCUT2D eigenvalue weighted by molar-refractivity contribution is 0.628. The van der Waals surface area contributed by atoms with Gasteiger partial charge in [-0.2, -0.15) is 5.10 Å². The largest absolute Gasteiger partial charge is 0.376 e. The molecule has 0 aliphatic heterocycles. The van der Waals surface area contributed by atoms with Gasteiger partial charge in [-0.1, -0.05) is 12.1 Å². The maximum atomic E-state index is 13.8. The Morgan fingerprint density at radius 2 is 1.74 bits per heavy atom. The fourth-order valence-electron chi connectivity index (χ4n) is 4.12. The van der Waals surface area contributed by atoms with E-state index in [1.165, 1.54) is 12.1 Å². The number of anilines is 1. The third-order valence-electron chi connectivity index (χ3n) is 5.88. The molecule has 0 spiro atoms. The molecule has 0 saturated heterocycles. The summed E-state index contributed by atoms with van der Waals surface area (Å²) in [5, 5.41) is 8.54. The maximum Gasteiger partial charge on any atom is 0.135 e. The van der Waals surface area contributed by atoms with Crippen LogP contribution in [-0.4, -0.2) is 44.2 Å². The first-order valence-electron chi connectivity index (χ1n) is 10.8. The van der Waals surface area contributed by atoms with Crippen molar-refractivity contribution in [1.29, 1.82) is 0 Å². The maximum absolute atomic E-state index is 13.8. The first kappa shape index (κ1) is 20.0. The van der Waals surface area contributed by atoms with E-state index in [9.17, 15) is 4.39 Å². The van der Waals surface area contributed by atoms with Gasteiger partial charge in [-0.3, -0.25) is 15.1 Å². The number of hydrogen-bond acceptors (Lipinski definition) is 5. The summed E-state index contributed by atoms with van der Waals surface area (Å²) in [5.74, 6) is -0.284. The summed E-state index contributed by atoms with van der Waals surface area (Å²) in [5.41, 5.74) is 8.28. The van der Waals surface area contributed by atoms with Crippen molar-refractivity contribution in [3.63, 3.8) is 0 Å². The summed E-state index contributed by atoms with van der Waals surface area (Å²) in [4.78, 5) is 19.0. The van der Waals surface area contributed by atoms with E-state index in [2.05, 4.69) is 31.2 Å². The molecule has 5 aromatic heterocycles. The van der Waals surface area contributed by atoms with Gasteiger partial charge in [-0.25, -0.2) is 9.37 Å². The van der Waals surface area contributed by atoms with E-state index < -0.39 is 0 Å². The topological polar surface area (TPSA) is 86.4 Å². The van der Waals surface area contributed by atoms with Crippen molar-refractivity contribution in [3.8, 4) is 33.8 Å². The molecule has 0 radical (unpaired) electrons. The number of nitrogens with one attached hydrogen (secondary N) is 2. The number of H-pyrrole nitrogens is 2. The van der Waals surface area contributed by atoms with Crippen LogP contribution in [0.3, 0.4) is 0 Å². The zero-order valence-electron chi connectivity index (χ0n) is 18.5. The molecule has 0 saturated carbocycles. The van der Waals surface area contributed by atoms with Crippen LogP contribution in [0.1, 0.15) is 0 Å². The molecule has 0 aliphatic rings. The smallest absolute Gasteiger partial charge is 0.135 e. The van der Waals surface area contributed by atoms with E-state index in [0.717, 1.165) is 55.7 Å².